The maximum absolute atomic E-state index is 12.6. The van der Waals surface area contributed by atoms with E-state index in [9.17, 15) is 4.79 Å². The lowest BCUT2D eigenvalue weighted by atomic mass is 9.79. The number of hydrogen-bond acceptors (Lipinski definition) is 2. The van der Waals surface area contributed by atoms with Crippen LogP contribution in [0.1, 0.15) is 65.7 Å². The van der Waals surface area contributed by atoms with Crippen molar-refractivity contribution >= 4 is 23.1 Å². The van der Waals surface area contributed by atoms with E-state index >= 15 is 0 Å². The van der Waals surface area contributed by atoms with Gasteiger partial charge in [0.25, 0.3) is 0 Å². The van der Waals surface area contributed by atoms with Crippen molar-refractivity contribution < 1.29 is 4.79 Å². The topological polar surface area (TPSA) is 55.1 Å². The molecule has 0 aliphatic heterocycles. The smallest absolute Gasteiger partial charge is 0.233 e. The zero-order valence-electron chi connectivity index (χ0n) is 12.5. The lowest BCUT2D eigenvalue weighted by Crippen LogP contribution is -2.51. The number of nitrogens with two attached hydrogens (primary N) is 1. The number of thiocarbonyl (C=S) groups is 1. The van der Waals surface area contributed by atoms with Crippen LogP contribution >= 0.6 is 12.2 Å². The van der Waals surface area contributed by atoms with Gasteiger partial charge in [-0.1, -0.05) is 51.7 Å². The molecule has 0 radical (unpaired) electrons. The number of rotatable bonds is 5. The predicted octanol–water partition coefficient (Wildman–Crippen LogP) is 3.16. The van der Waals surface area contributed by atoms with E-state index in [-0.39, 0.29) is 11.9 Å². The molecule has 1 rings (SSSR count). The van der Waals surface area contributed by atoms with E-state index in [0.29, 0.717) is 10.9 Å². The van der Waals surface area contributed by atoms with E-state index in [2.05, 4.69) is 26.1 Å². The molecule has 3 nitrogen and oxygen atoms in total. The van der Waals surface area contributed by atoms with E-state index in [1.54, 1.807) is 0 Å². The lowest BCUT2D eigenvalue weighted by molar-refractivity contribution is -0.128. The van der Waals surface area contributed by atoms with Crippen LogP contribution < -0.4 is 11.1 Å². The van der Waals surface area contributed by atoms with Crippen molar-refractivity contribution in [2.45, 2.75) is 71.8 Å². The molecule has 1 saturated carbocycles. The third-order valence-corrected chi connectivity index (χ3v) is 4.46. The molecule has 0 aromatic carbocycles. The fourth-order valence-corrected chi connectivity index (χ4v) is 3.34. The maximum Gasteiger partial charge on any atom is 0.233 e. The van der Waals surface area contributed by atoms with Crippen molar-refractivity contribution in [3.05, 3.63) is 0 Å². The number of hydrogen-bond donors (Lipinski definition) is 2. The molecule has 1 unspecified atom stereocenters. The molecule has 0 heterocycles. The van der Waals surface area contributed by atoms with Gasteiger partial charge in [0.15, 0.2) is 0 Å². The van der Waals surface area contributed by atoms with E-state index in [1.165, 1.54) is 12.8 Å². The molecule has 0 bridgehead atoms. The zero-order chi connectivity index (χ0) is 14.5. The number of nitrogens with one attached hydrogen (secondary N) is 1. The van der Waals surface area contributed by atoms with Gasteiger partial charge < -0.3 is 11.1 Å². The van der Waals surface area contributed by atoms with Crippen LogP contribution in [-0.2, 0) is 4.79 Å². The zero-order valence-corrected chi connectivity index (χ0v) is 13.3. The predicted molar refractivity (Wildman–Crippen MR) is 84.0 cm³/mol. The van der Waals surface area contributed by atoms with Gasteiger partial charge in [-0.05, 0) is 32.1 Å². The fourth-order valence-electron chi connectivity index (χ4n) is 3.05. The Morgan fingerprint density at radius 2 is 1.74 bits per heavy atom. The number of carbonyl (C=O) groups excluding carboxylic acids is 1. The van der Waals surface area contributed by atoms with Crippen LogP contribution in [0.25, 0.3) is 0 Å². The highest BCUT2D eigenvalue weighted by molar-refractivity contribution is 7.80. The normalized spacial score (nSPS) is 20.6. The van der Waals surface area contributed by atoms with Crippen molar-refractivity contribution in [2.75, 3.05) is 0 Å². The van der Waals surface area contributed by atoms with Crippen LogP contribution in [0.5, 0.6) is 0 Å². The summed E-state index contributed by atoms with van der Waals surface area (Å²) in [4.78, 5) is 13.0. The van der Waals surface area contributed by atoms with Crippen molar-refractivity contribution in [2.24, 2.45) is 17.1 Å². The Kier molecular flexibility index (Phi) is 6.24. The first-order valence-electron chi connectivity index (χ1n) is 7.49. The molecule has 1 amide bonds. The van der Waals surface area contributed by atoms with Gasteiger partial charge in [0, 0.05) is 6.04 Å². The standard InChI is InChI=1S/C15H28N2OS/c1-11(2)10-12(3)17-14(18)15(13(16)19)8-6-4-5-7-9-15/h11-12H,4-10H2,1-3H3,(H2,16,19)(H,17,18). The summed E-state index contributed by atoms with van der Waals surface area (Å²) in [6.07, 6.45) is 7.05. The van der Waals surface area contributed by atoms with E-state index < -0.39 is 5.41 Å². The second-order valence-corrected chi connectivity index (χ2v) is 6.80. The molecular weight excluding hydrogens is 256 g/mol. The van der Waals surface area contributed by atoms with Crippen LogP contribution in [-0.4, -0.2) is 16.9 Å². The molecule has 110 valence electrons. The molecular formula is C15H28N2OS. The first kappa shape index (κ1) is 16.4. The van der Waals surface area contributed by atoms with Crippen LogP contribution in [0.2, 0.25) is 0 Å². The Labute approximate surface area is 122 Å². The summed E-state index contributed by atoms with van der Waals surface area (Å²) >= 11 is 5.22. The molecule has 3 N–H and O–H groups in total. The van der Waals surface area contributed by atoms with Gasteiger partial charge in [-0.2, -0.15) is 0 Å². The lowest BCUT2D eigenvalue weighted by Gasteiger charge is -2.32. The van der Waals surface area contributed by atoms with Crippen molar-refractivity contribution in [1.29, 1.82) is 0 Å². The molecule has 19 heavy (non-hydrogen) atoms. The average molecular weight is 284 g/mol. The summed E-state index contributed by atoms with van der Waals surface area (Å²) in [7, 11) is 0. The van der Waals surface area contributed by atoms with Crippen LogP contribution in [0.3, 0.4) is 0 Å². The van der Waals surface area contributed by atoms with Crippen molar-refractivity contribution in [3.63, 3.8) is 0 Å². The van der Waals surface area contributed by atoms with E-state index in [1.807, 2.05) is 0 Å². The van der Waals surface area contributed by atoms with Gasteiger partial charge in [0.1, 0.15) is 0 Å². The molecule has 4 heteroatoms. The monoisotopic (exact) mass is 284 g/mol. The highest BCUT2D eigenvalue weighted by Crippen LogP contribution is 2.36. The van der Waals surface area contributed by atoms with Gasteiger partial charge >= 0.3 is 0 Å². The van der Waals surface area contributed by atoms with Crippen molar-refractivity contribution in [1.82, 2.24) is 5.32 Å². The second kappa shape index (κ2) is 7.22. The molecule has 1 atom stereocenters. The molecule has 1 aliphatic rings. The highest BCUT2D eigenvalue weighted by Gasteiger charge is 2.41. The van der Waals surface area contributed by atoms with Crippen LogP contribution in [0, 0.1) is 11.3 Å². The van der Waals surface area contributed by atoms with Gasteiger partial charge in [-0.15, -0.1) is 0 Å². The third-order valence-electron chi connectivity index (χ3n) is 4.07. The number of amides is 1. The minimum atomic E-state index is -0.600. The SMILES string of the molecule is CC(C)CC(C)NC(=O)C1(C(N)=S)CCCCCC1. The minimum Gasteiger partial charge on any atom is -0.392 e. The molecule has 0 spiro atoms. The van der Waals surface area contributed by atoms with Gasteiger partial charge in [-0.3, -0.25) is 4.79 Å². The van der Waals surface area contributed by atoms with Crippen LogP contribution in [0.15, 0.2) is 0 Å². The Bertz CT molecular complexity index is 320. The van der Waals surface area contributed by atoms with Gasteiger partial charge in [0.05, 0.1) is 10.4 Å². The van der Waals surface area contributed by atoms with Gasteiger partial charge in [0.2, 0.25) is 5.91 Å². The summed E-state index contributed by atoms with van der Waals surface area (Å²) in [6.45, 7) is 6.39. The summed E-state index contributed by atoms with van der Waals surface area (Å²) in [5.74, 6) is 0.625. The first-order valence-corrected chi connectivity index (χ1v) is 7.90. The molecule has 0 aromatic rings. The second-order valence-electron chi connectivity index (χ2n) is 6.36. The molecule has 0 saturated heterocycles. The summed E-state index contributed by atoms with van der Waals surface area (Å²) in [5, 5.41) is 3.12. The Balaban J connectivity index is 2.75. The Hall–Kier alpha value is -0.640. The van der Waals surface area contributed by atoms with Gasteiger partial charge in [-0.25, -0.2) is 0 Å². The average Bonchev–Trinajstić information content (AvgIpc) is 2.53. The minimum absolute atomic E-state index is 0.0510. The summed E-state index contributed by atoms with van der Waals surface area (Å²) < 4.78 is 0. The quantitative estimate of drug-likeness (QED) is 0.602. The van der Waals surface area contributed by atoms with E-state index in [0.717, 1.165) is 32.1 Å². The highest BCUT2D eigenvalue weighted by atomic mass is 32.1. The molecule has 1 fully saturated rings. The number of carbonyl (C=O) groups is 1. The Morgan fingerprint density at radius 3 is 2.16 bits per heavy atom. The summed E-state index contributed by atoms with van der Waals surface area (Å²) in [5.41, 5.74) is 5.32. The third kappa shape index (κ3) is 4.44. The van der Waals surface area contributed by atoms with Crippen LogP contribution in [0.4, 0.5) is 0 Å². The largest absolute Gasteiger partial charge is 0.392 e. The fraction of sp³-hybridized carbons (Fsp3) is 0.867. The maximum atomic E-state index is 12.6. The van der Waals surface area contributed by atoms with Crippen molar-refractivity contribution in [3.8, 4) is 0 Å². The molecule has 0 aromatic heterocycles. The first-order chi connectivity index (χ1) is 8.88. The summed E-state index contributed by atoms with van der Waals surface area (Å²) in [6, 6.07) is 0.182. The van der Waals surface area contributed by atoms with E-state index in [4.69, 9.17) is 18.0 Å². The Morgan fingerprint density at radius 1 is 1.21 bits per heavy atom. The molecule has 1 aliphatic carbocycles.